The number of rotatable bonds is 3. The Hall–Kier alpha value is -1.88. The van der Waals surface area contributed by atoms with Gasteiger partial charge in [-0.3, -0.25) is 14.9 Å². The second-order valence-corrected chi connectivity index (χ2v) is 4.77. The molecular formula is C14H19N3O2. The maximum Gasteiger partial charge on any atom is 0.236 e. The van der Waals surface area contributed by atoms with Crippen molar-refractivity contribution in [2.24, 2.45) is 0 Å². The van der Waals surface area contributed by atoms with Gasteiger partial charge in [-0.15, -0.1) is 0 Å². The molecule has 2 amide bonds. The first-order chi connectivity index (χ1) is 9.04. The normalized spacial score (nSPS) is 19.8. The maximum atomic E-state index is 12.0. The monoisotopic (exact) mass is 261 g/mol. The molecule has 102 valence electrons. The highest BCUT2D eigenvalue weighted by atomic mass is 16.2. The lowest BCUT2D eigenvalue weighted by atomic mass is 9.95. The molecule has 2 atom stereocenters. The molecule has 0 saturated heterocycles. The third kappa shape index (κ3) is 2.61. The summed E-state index contributed by atoms with van der Waals surface area (Å²) < 4.78 is 0. The van der Waals surface area contributed by atoms with Crippen LogP contribution in [0.4, 0.5) is 5.69 Å². The number of hydrogen-bond donors (Lipinski definition) is 2. The van der Waals surface area contributed by atoms with Gasteiger partial charge >= 0.3 is 0 Å². The molecule has 1 aliphatic rings. The minimum Gasteiger partial charge on any atom is -0.358 e. The molecule has 5 heteroatoms. The molecule has 0 bridgehead atoms. The Morgan fingerprint density at radius 2 is 2.11 bits per heavy atom. The Morgan fingerprint density at radius 3 is 2.79 bits per heavy atom. The minimum atomic E-state index is -0.334. The number of amides is 2. The Bertz CT molecular complexity index is 501. The maximum absolute atomic E-state index is 12.0. The number of nitrogens with zero attached hydrogens (tertiary/aromatic N) is 1. The van der Waals surface area contributed by atoms with E-state index in [0.29, 0.717) is 6.42 Å². The second kappa shape index (κ2) is 5.40. The number of carbonyl (C=O) groups excluding carboxylic acids is 2. The number of fused-ring (bicyclic) bond motifs is 1. The van der Waals surface area contributed by atoms with E-state index in [1.54, 1.807) is 25.9 Å². The van der Waals surface area contributed by atoms with Gasteiger partial charge < -0.3 is 10.2 Å². The summed E-state index contributed by atoms with van der Waals surface area (Å²) >= 11 is 0. The van der Waals surface area contributed by atoms with E-state index in [-0.39, 0.29) is 23.9 Å². The summed E-state index contributed by atoms with van der Waals surface area (Å²) in [6.45, 7) is 1.80. The number of hydrogen-bond acceptors (Lipinski definition) is 3. The van der Waals surface area contributed by atoms with Gasteiger partial charge in [0.1, 0.15) is 0 Å². The van der Waals surface area contributed by atoms with E-state index >= 15 is 0 Å². The van der Waals surface area contributed by atoms with E-state index < -0.39 is 0 Å². The first kappa shape index (κ1) is 13.5. The van der Waals surface area contributed by atoms with Crippen molar-refractivity contribution in [3.8, 4) is 0 Å². The smallest absolute Gasteiger partial charge is 0.236 e. The number of anilines is 1. The van der Waals surface area contributed by atoms with Gasteiger partial charge in [0.25, 0.3) is 0 Å². The molecule has 0 saturated carbocycles. The number of benzene rings is 1. The van der Waals surface area contributed by atoms with Crippen molar-refractivity contribution in [1.82, 2.24) is 10.6 Å². The second-order valence-electron chi connectivity index (χ2n) is 4.77. The predicted octanol–water partition coefficient (Wildman–Crippen LogP) is 0.818. The van der Waals surface area contributed by atoms with Gasteiger partial charge in [-0.05, 0) is 18.6 Å². The fourth-order valence-corrected chi connectivity index (χ4v) is 2.39. The van der Waals surface area contributed by atoms with E-state index in [1.165, 1.54) is 0 Å². The summed E-state index contributed by atoms with van der Waals surface area (Å²) in [5.41, 5.74) is 1.96. The lowest BCUT2D eigenvalue weighted by Crippen LogP contribution is -2.45. The quantitative estimate of drug-likeness (QED) is 0.846. The van der Waals surface area contributed by atoms with Gasteiger partial charge in [0, 0.05) is 32.2 Å². The van der Waals surface area contributed by atoms with Crippen LogP contribution in [-0.4, -0.2) is 32.0 Å². The van der Waals surface area contributed by atoms with Crippen LogP contribution in [0.1, 0.15) is 24.9 Å². The number of nitrogens with one attached hydrogen (secondary N) is 2. The highest BCUT2D eigenvalue weighted by molar-refractivity contribution is 5.96. The van der Waals surface area contributed by atoms with Crippen LogP contribution in [0.3, 0.4) is 0 Å². The molecule has 2 rings (SSSR count). The Labute approximate surface area is 113 Å². The molecule has 1 aliphatic heterocycles. The van der Waals surface area contributed by atoms with Crippen LogP contribution in [0.15, 0.2) is 24.3 Å². The molecule has 0 spiro atoms. The summed E-state index contributed by atoms with van der Waals surface area (Å²) in [4.78, 5) is 25.2. The average molecular weight is 261 g/mol. The highest BCUT2D eigenvalue weighted by Crippen LogP contribution is 2.33. The highest BCUT2D eigenvalue weighted by Gasteiger charge is 2.30. The van der Waals surface area contributed by atoms with Crippen LogP contribution in [0, 0.1) is 0 Å². The van der Waals surface area contributed by atoms with Gasteiger partial charge in [-0.2, -0.15) is 0 Å². The van der Waals surface area contributed by atoms with E-state index in [9.17, 15) is 9.59 Å². The Kier molecular flexibility index (Phi) is 3.85. The van der Waals surface area contributed by atoms with Crippen molar-refractivity contribution in [3.05, 3.63) is 29.8 Å². The summed E-state index contributed by atoms with van der Waals surface area (Å²) in [6.07, 6.45) is 0.370. The van der Waals surface area contributed by atoms with Crippen molar-refractivity contribution < 1.29 is 9.59 Å². The molecule has 0 fully saturated rings. The molecular weight excluding hydrogens is 242 g/mol. The SMILES string of the molecule is CNC(=O)C(C)NC1CC(=O)N(C)c2ccccc21. The summed E-state index contributed by atoms with van der Waals surface area (Å²) in [5.74, 6) is -0.0239. The molecule has 2 N–H and O–H groups in total. The van der Waals surface area contributed by atoms with Gasteiger partial charge in [0.15, 0.2) is 0 Å². The van der Waals surface area contributed by atoms with E-state index in [2.05, 4.69) is 10.6 Å². The molecule has 1 aromatic carbocycles. The van der Waals surface area contributed by atoms with E-state index in [4.69, 9.17) is 0 Å². The standard InChI is InChI=1S/C14H19N3O2/c1-9(14(19)15-2)16-11-8-13(18)17(3)12-7-5-4-6-10(11)12/h4-7,9,11,16H,8H2,1-3H3,(H,15,19). The van der Waals surface area contributed by atoms with Crippen molar-refractivity contribution in [3.63, 3.8) is 0 Å². The zero-order valence-electron chi connectivity index (χ0n) is 11.4. The molecule has 1 heterocycles. The molecule has 0 aliphatic carbocycles. The van der Waals surface area contributed by atoms with Crippen molar-refractivity contribution in [2.75, 3.05) is 19.0 Å². The lowest BCUT2D eigenvalue weighted by Gasteiger charge is -2.33. The van der Waals surface area contributed by atoms with Crippen LogP contribution in [0.2, 0.25) is 0 Å². The first-order valence-electron chi connectivity index (χ1n) is 6.37. The van der Waals surface area contributed by atoms with Gasteiger partial charge in [0.05, 0.1) is 6.04 Å². The fourth-order valence-electron chi connectivity index (χ4n) is 2.39. The molecule has 0 aromatic heterocycles. The van der Waals surface area contributed by atoms with E-state index in [0.717, 1.165) is 11.3 Å². The number of likely N-dealkylation sites (N-methyl/N-ethyl adjacent to an activating group) is 1. The van der Waals surface area contributed by atoms with Crippen molar-refractivity contribution in [2.45, 2.75) is 25.4 Å². The Morgan fingerprint density at radius 1 is 1.42 bits per heavy atom. The number of para-hydroxylation sites is 1. The minimum absolute atomic E-state index is 0.0558. The third-order valence-electron chi connectivity index (χ3n) is 3.52. The molecule has 19 heavy (non-hydrogen) atoms. The van der Waals surface area contributed by atoms with Crippen LogP contribution >= 0.6 is 0 Å². The van der Waals surface area contributed by atoms with Gasteiger partial charge in [-0.25, -0.2) is 0 Å². The zero-order chi connectivity index (χ0) is 14.0. The van der Waals surface area contributed by atoms with Gasteiger partial charge in [-0.1, -0.05) is 18.2 Å². The summed E-state index contributed by atoms with van der Waals surface area (Å²) in [5, 5.41) is 5.82. The molecule has 1 aromatic rings. The van der Waals surface area contributed by atoms with E-state index in [1.807, 2.05) is 24.3 Å². The van der Waals surface area contributed by atoms with Crippen molar-refractivity contribution >= 4 is 17.5 Å². The molecule has 5 nitrogen and oxygen atoms in total. The average Bonchev–Trinajstić information content (AvgIpc) is 2.43. The van der Waals surface area contributed by atoms with Crippen LogP contribution in [0.25, 0.3) is 0 Å². The summed E-state index contributed by atoms with van der Waals surface area (Å²) in [7, 11) is 3.38. The largest absolute Gasteiger partial charge is 0.358 e. The van der Waals surface area contributed by atoms with Crippen LogP contribution < -0.4 is 15.5 Å². The number of carbonyl (C=O) groups is 2. The van der Waals surface area contributed by atoms with Crippen LogP contribution in [0.5, 0.6) is 0 Å². The topological polar surface area (TPSA) is 61.4 Å². The fraction of sp³-hybridized carbons (Fsp3) is 0.429. The molecule has 0 radical (unpaired) electrons. The zero-order valence-corrected chi connectivity index (χ0v) is 11.4. The van der Waals surface area contributed by atoms with Gasteiger partial charge in [0.2, 0.25) is 11.8 Å². The third-order valence-corrected chi connectivity index (χ3v) is 3.52. The predicted molar refractivity (Wildman–Crippen MR) is 73.9 cm³/mol. The van der Waals surface area contributed by atoms with Crippen LogP contribution in [-0.2, 0) is 9.59 Å². The van der Waals surface area contributed by atoms with Crippen molar-refractivity contribution in [1.29, 1.82) is 0 Å². The molecule has 2 unspecified atom stereocenters. The first-order valence-corrected chi connectivity index (χ1v) is 6.37. The Balaban J connectivity index is 2.25. The lowest BCUT2D eigenvalue weighted by molar-refractivity contribution is -0.123. The summed E-state index contributed by atoms with van der Waals surface area (Å²) in [6, 6.07) is 7.32.